The Morgan fingerprint density at radius 1 is 1.43 bits per heavy atom. The SMILES string of the molecule is CNc1nc(C)nc2c1ncn2[C@@H]1C2C[C@@]2(C(C)=O)C(O)[C@H]1O. The van der Waals surface area contributed by atoms with Crippen LogP contribution < -0.4 is 5.32 Å². The van der Waals surface area contributed by atoms with Crippen molar-refractivity contribution in [2.24, 2.45) is 11.3 Å². The molecule has 2 fully saturated rings. The first-order valence-electron chi connectivity index (χ1n) is 7.68. The van der Waals surface area contributed by atoms with Crippen LogP contribution in [0.25, 0.3) is 11.2 Å². The maximum Gasteiger partial charge on any atom is 0.166 e. The lowest BCUT2D eigenvalue weighted by atomic mass is 9.95. The number of rotatable bonds is 3. The summed E-state index contributed by atoms with van der Waals surface area (Å²) in [5, 5.41) is 23.9. The number of nitrogens with zero attached hydrogens (tertiary/aromatic N) is 4. The van der Waals surface area contributed by atoms with Gasteiger partial charge in [-0.3, -0.25) is 4.79 Å². The maximum absolute atomic E-state index is 12.0. The van der Waals surface area contributed by atoms with Crippen LogP contribution in [0.15, 0.2) is 6.33 Å². The van der Waals surface area contributed by atoms with E-state index in [9.17, 15) is 15.0 Å². The van der Waals surface area contributed by atoms with Crippen molar-refractivity contribution >= 4 is 22.8 Å². The lowest BCUT2D eigenvalue weighted by Crippen LogP contribution is -2.36. The number of Topliss-reactive ketones (excluding diaryl/α,β-unsaturated/α-hetero) is 1. The van der Waals surface area contributed by atoms with Gasteiger partial charge in [0.2, 0.25) is 0 Å². The summed E-state index contributed by atoms with van der Waals surface area (Å²) in [6, 6.07) is -0.405. The van der Waals surface area contributed by atoms with Crippen LogP contribution in [0, 0.1) is 18.3 Å². The zero-order valence-corrected chi connectivity index (χ0v) is 13.2. The van der Waals surface area contributed by atoms with Crippen molar-refractivity contribution in [2.45, 2.75) is 38.5 Å². The molecule has 2 unspecified atom stereocenters. The Kier molecular flexibility index (Phi) is 2.83. The monoisotopic (exact) mass is 317 g/mol. The normalized spacial score (nSPS) is 35.3. The molecule has 2 aliphatic carbocycles. The van der Waals surface area contributed by atoms with Gasteiger partial charge in [-0.05, 0) is 26.2 Å². The minimum absolute atomic E-state index is 0.0670. The number of hydrogen-bond acceptors (Lipinski definition) is 7. The molecule has 0 amide bonds. The van der Waals surface area contributed by atoms with E-state index >= 15 is 0 Å². The van der Waals surface area contributed by atoms with E-state index < -0.39 is 23.7 Å². The smallest absolute Gasteiger partial charge is 0.166 e. The third kappa shape index (κ3) is 1.67. The fourth-order valence-electron chi connectivity index (χ4n) is 4.19. The fraction of sp³-hybridized carbons (Fsp3) is 0.600. The van der Waals surface area contributed by atoms with E-state index in [0.29, 0.717) is 29.2 Å². The highest BCUT2D eigenvalue weighted by molar-refractivity contribution is 5.88. The summed E-state index contributed by atoms with van der Waals surface area (Å²) in [4.78, 5) is 25.1. The van der Waals surface area contributed by atoms with Gasteiger partial charge in [0.25, 0.3) is 0 Å². The molecule has 0 saturated heterocycles. The Hall–Kier alpha value is -2.06. The topological polar surface area (TPSA) is 113 Å². The van der Waals surface area contributed by atoms with Gasteiger partial charge in [0.15, 0.2) is 11.5 Å². The molecule has 5 atom stereocenters. The predicted octanol–water partition coefficient (Wildman–Crippen LogP) is 0.0482. The molecule has 4 rings (SSSR count). The zero-order chi connectivity index (χ0) is 16.5. The molecule has 0 bridgehead atoms. The molecule has 3 N–H and O–H groups in total. The molecule has 122 valence electrons. The van der Waals surface area contributed by atoms with Crippen LogP contribution >= 0.6 is 0 Å². The molecule has 2 heterocycles. The summed E-state index contributed by atoms with van der Waals surface area (Å²) in [5.41, 5.74) is 0.402. The molecule has 8 nitrogen and oxygen atoms in total. The van der Waals surface area contributed by atoms with Gasteiger partial charge < -0.3 is 20.1 Å². The standard InChI is InChI=1S/C15H19N5O3/c1-6(21)15-4-8(15)10(11(22)12(15)23)20-5-17-9-13(16-3)18-7(2)19-14(9)20/h5,8,10-12,22-23H,4H2,1-3H3,(H,16,18,19)/t8?,10-,11+,12?,15+/m1/s1. The van der Waals surface area contributed by atoms with E-state index in [1.54, 1.807) is 24.9 Å². The van der Waals surface area contributed by atoms with E-state index in [4.69, 9.17) is 0 Å². The van der Waals surface area contributed by atoms with Crippen LogP contribution in [0.5, 0.6) is 0 Å². The predicted molar refractivity (Wildman–Crippen MR) is 81.9 cm³/mol. The molecule has 0 aromatic carbocycles. The molecule has 23 heavy (non-hydrogen) atoms. The summed E-state index contributed by atoms with van der Waals surface area (Å²) in [7, 11) is 1.76. The van der Waals surface area contributed by atoms with Gasteiger partial charge in [0, 0.05) is 7.05 Å². The summed E-state index contributed by atoms with van der Waals surface area (Å²) in [5.74, 6) is 1.05. The highest BCUT2D eigenvalue weighted by atomic mass is 16.3. The van der Waals surface area contributed by atoms with Crippen LogP contribution in [0.1, 0.15) is 25.2 Å². The Labute approximate surface area is 132 Å². The third-order valence-electron chi connectivity index (χ3n) is 5.42. The lowest BCUT2D eigenvalue weighted by molar-refractivity contribution is -0.128. The minimum Gasteiger partial charge on any atom is -0.389 e. The number of carbonyl (C=O) groups is 1. The highest BCUT2D eigenvalue weighted by Gasteiger charge is 2.74. The Morgan fingerprint density at radius 2 is 2.17 bits per heavy atom. The van der Waals surface area contributed by atoms with E-state index in [1.165, 1.54) is 6.92 Å². The number of aromatic nitrogens is 4. The van der Waals surface area contributed by atoms with Crippen LogP contribution in [-0.2, 0) is 4.79 Å². The van der Waals surface area contributed by atoms with Crippen LogP contribution in [0.2, 0.25) is 0 Å². The van der Waals surface area contributed by atoms with Gasteiger partial charge in [0.1, 0.15) is 23.2 Å². The number of nitrogens with one attached hydrogen (secondary N) is 1. The molecule has 2 aromatic rings. The second kappa shape index (κ2) is 4.48. The molecule has 2 aromatic heterocycles. The first kappa shape index (κ1) is 14.5. The van der Waals surface area contributed by atoms with Gasteiger partial charge in [-0.25, -0.2) is 15.0 Å². The minimum atomic E-state index is -1.04. The quantitative estimate of drug-likeness (QED) is 0.733. The van der Waals surface area contributed by atoms with Crippen LogP contribution in [0.3, 0.4) is 0 Å². The molecule has 0 radical (unpaired) electrons. The first-order chi connectivity index (χ1) is 10.9. The number of hydrogen-bond donors (Lipinski definition) is 3. The zero-order valence-electron chi connectivity index (χ0n) is 13.2. The van der Waals surface area contributed by atoms with Gasteiger partial charge in [-0.1, -0.05) is 0 Å². The lowest BCUT2D eigenvalue weighted by Gasteiger charge is -2.23. The Balaban J connectivity index is 1.85. The average Bonchev–Trinajstić information content (AvgIpc) is 3.06. The molecule has 2 saturated carbocycles. The Bertz CT molecular complexity index is 819. The number of aliphatic hydroxyl groups is 2. The third-order valence-corrected chi connectivity index (χ3v) is 5.42. The van der Waals surface area contributed by atoms with E-state index in [-0.39, 0.29) is 11.7 Å². The van der Waals surface area contributed by atoms with E-state index in [1.807, 2.05) is 0 Å². The van der Waals surface area contributed by atoms with Crippen molar-refractivity contribution < 1.29 is 15.0 Å². The number of aliphatic hydroxyl groups excluding tert-OH is 2. The average molecular weight is 317 g/mol. The molecule has 0 spiro atoms. The fourth-order valence-corrected chi connectivity index (χ4v) is 4.19. The van der Waals surface area contributed by atoms with Crippen LogP contribution in [-0.4, -0.2) is 54.8 Å². The molecular weight excluding hydrogens is 298 g/mol. The number of ketones is 1. The number of aryl methyl sites for hydroxylation is 1. The largest absolute Gasteiger partial charge is 0.389 e. The number of fused-ring (bicyclic) bond motifs is 2. The maximum atomic E-state index is 12.0. The first-order valence-corrected chi connectivity index (χ1v) is 7.68. The Morgan fingerprint density at radius 3 is 2.78 bits per heavy atom. The van der Waals surface area contributed by atoms with Gasteiger partial charge >= 0.3 is 0 Å². The second-order valence-corrected chi connectivity index (χ2v) is 6.53. The summed E-state index contributed by atoms with van der Waals surface area (Å²) < 4.78 is 1.78. The molecule has 8 heteroatoms. The van der Waals surface area contributed by atoms with Crippen molar-refractivity contribution in [3.05, 3.63) is 12.2 Å². The van der Waals surface area contributed by atoms with E-state index in [0.717, 1.165) is 0 Å². The number of anilines is 1. The van der Waals surface area contributed by atoms with Gasteiger partial charge in [0.05, 0.1) is 23.9 Å². The second-order valence-electron chi connectivity index (χ2n) is 6.53. The van der Waals surface area contributed by atoms with Crippen molar-refractivity contribution in [1.82, 2.24) is 19.5 Å². The molecular formula is C15H19N5O3. The van der Waals surface area contributed by atoms with Crippen molar-refractivity contribution in [3.63, 3.8) is 0 Å². The van der Waals surface area contributed by atoms with Crippen molar-refractivity contribution in [3.8, 4) is 0 Å². The van der Waals surface area contributed by atoms with E-state index in [2.05, 4.69) is 20.3 Å². The van der Waals surface area contributed by atoms with Gasteiger partial charge in [-0.15, -0.1) is 0 Å². The summed E-state index contributed by atoms with van der Waals surface area (Å²) in [6.07, 6.45) is 0.144. The number of carbonyl (C=O) groups excluding carboxylic acids is 1. The van der Waals surface area contributed by atoms with Crippen molar-refractivity contribution in [1.29, 1.82) is 0 Å². The summed E-state index contributed by atoms with van der Waals surface area (Å²) in [6.45, 7) is 3.27. The van der Waals surface area contributed by atoms with Crippen molar-refractivity contribution in [2.75, 3.05) is 12.4 Å². The summed E-state index contributed by atoms with van der Waals surface area (Å²) >= 11 is 0. The van der Waals surface area contributed by atoms with Crippen LogP contribution in [0.4, 0.5) is 5.82 Å². The molecule has 2 aliphatic rings. The highest BCUT2D eigenvalue weighted by Crippen LogP contribution is 2.68. The number of imidazole rings is 1. The van der Waals surface area contributed by atoms with Gasteiger partial charge in [-0.2, -0.15) is 0 Å². The molecule has 0 aliphatic heterocycles.